The molecule has 0 aliphatic heterocycles. The van der Waals surface area contributed by atoms with Gasteiger partial charge in [-0.15, -0.1) is 0 Å². The number of rotatable bonds is 5. The van der Waals surface area contributed by atoms with Crippen LogP contribution in [-0.2, 0) is 0 Å². The van der Waals surface area contributed by atoms with Crippen LogP contribution in [0.15, 0.2) is 48.5 Å². The van der Waals surface area contributed by atoms with E-state index in [4.69, 9.17) is 21.6 Å². The number of aromatic nitrogens is 2. The summed E-state index contributed by atoms with van der Waals surface area (Å²) in [5.41, 5.74) is 1.57. The van der Waals surface area contributed by atoms with Crippen molar-refractivity contribution in [1.29, 1.82) is 0 Å². The van der Waals surface area contributed by atoms with Gasteiger partial charge in [-0.3, -0.25) is 4.79 Å². The quantitative estimate of drug-likeness (QED) is 0.632. The summed E-state index contributed by atoms with van der Waals surface area (Å²) in [5, 5.41) is 8.32. The van der Waals surface area contributed by atoms with Gasteiger partial charge in [0.25, 0.3) is 5.91 Å². The van der Waals surface area contributed by atoms with Crippen molar-refractivity contribution >= 4 is 40.2 Å². The number of para-hydroxylation sites is 1. The van der Waals surface area contributed by atoms with Gasteiger partial charge in [0.15, 0.2) is 0 Å². The van der Waals surface area contributed by atoms with Gasteiger partial charge in [-0.25, -0.2) is 4.98 Å². The van der Waals surface area contributed by atoms with Crippen LogP contribution in [0, 0.1) is 0 Å². The van der Waals surface area contributed by atoms with E-state index in [1.165, 1.54) is 0 Å². The first-order valence-corrected chi connectivity index (χ1v) is 10.6. The molecule has 1 saturated carbocycles. The van der Waals surface area contributed by atoms with Crippen molar-refractivity contribution in [3.63, 3.8) is 0 Å². The minimum atomic E-state index is -0.0448. The maximum absolute atomic E-state index is 12.4. The Hall–Kier alpha value is -2.86. The number of fused-ring (bicyclic) bond motifs is 1. The number of nitrogens with one attached hydrogen (secondary N) is 2. The van der Waals surface area contributed by atoms with Crippen molar-refractivity contribution in [2.24, 2.45) is 0 Å². The predicted molar refractivity (Wildman–Crippen MR) is 122 cm³/mol. The molecule has 3 aromatic rings. The van der Waals surface area contributed by atoms with Gasteiger partial charge in [-0.2, -0.15) is 4.98 Å². The molecule has 1 fully saturated rings. The van der Waals surface area contributed by atoms with Crippen LogP contribution >= 0.6 is 11.6 Å². The van der Waals surface area contributed by atoms with Crippen LogP contribution < -0.4 is 15.5 Å². The predicted octanol–water partition coefficient (Wildman–Crippen LogP) is 4.50. The highest BCUT2D eigenvalue weighted by molar-refractivity contribution is 6.30. The lowest BCUT2D eigenvalue weighted by atomic mass is 9.91. The van der Waals surface area contributed by atoms with Crippen LogP contribution in [0.1, 0.15) is 36.0 Å². The second-order valence-electron chi connectivity index (χ2n) is 7.96. The first-order valence-electron chi connectivity index (χ1n) is 10.3. The standard InChI is InChI=1S/C23H26ClN5O/c1-29(2)21-19-5-3-4-6-20(19)27-23(28-21)26-18-13-11-17(12-14-18)25-22(30)15-7-9-16(24)10-8-15/h3-10,17-18H,11-14H2,1-2H3,(H,25,30)(H,26,27,28)/t17-,18+. The molecule has 7 heteroatoms. The second kappa shape index (κ2) is 8.88. The van der Waals surface area contributed by atoms with Gasteiger partial charge < -0.3 is 15.5 Å². The van der Waals surface area contributed by atoms with Crippen molar-refractivity contribution in [2.75, 3.05) is 24.3 Å². The van der Waals surface area contributed by atoms with Crippen LogP contribution in [-0.4, -0.2) is 42.1 Å². The number of hydrogen-bond acceptors (Lipinski definition) is 5. The summed E-state index contributed by atoms with van der Waals surface area (Å²) in [5.74, 6) is 1.52. The molecule has 0 saturated heterocycles. The molecule has 4 rings (SSSR count). The Morgan fingerprint density at radius 1 is 0.967 bits per heavy atom. The molecule has 30 heavy (non-hydrogen) atoms. The third-order valence-corrected chi connectivity index (χ3v) is 5.76. The molecule has 0 unspecified atom stereocenters. The van der Waals surface area contributed by atoms with Gasteiger partial charge in [0.05, 0.1) is 5.52 Å². The highest BCUT2D eigenvalue weighted by atomic mass is 35.5. The maximum atomic E-state index is 12.4. The van der Waals surface area contributed by atoms with Crippen LogP contribution in [0.5, 0.6) is 0 Å². The summed E-state index contributed by atoms with van der Waals surface area (Å²) in [6.45, 7) is 0. The van der Waals surface area contributed by atoms with E-state index >= 15 is 0 Å². The Kier molecular flexibility index (Phi) is 6.04. The van der Waals surface area contributed by atoms with Crippen molar-refractivity contribution in [3.05, 3.63) is 59.1 Å². The number of amides is 1. The van der Waals surface area contributed by atoms with Crippen LogP contribution in [0.2, 0.25) is 5.02 Å². The van der Waals surface area contributed by atoms with Crippen LogP contribution in [0.3, 0.4) is 0 Å². The van der Waals surface area contributed by atoms with Gasteiger partial charge >= 0.3 is 0 Å². The maximum Gasteiger partial charge on any atom is 0.251 e. The molecule has 1 heterocycles. The van der Waals surface area contributed by atoms with Crippen molar-refractivity contribution < 1.29 is 4.79 Å². The topological polar surface area (TPSA) is 70.2 Å². The average Bonchev–Trinajstić information content (AvgIpc) is 2.75. The van der Waals surface area contributed by atoms with Gasteiger partial charge in [-0.05, 0) is 62.1 Å². The normalized spacial score (nSPS) is 18.8. The van der Waals surface area contributed by atoms with E-state index in [2.05, 4.69) is 10.6 Å². The molecule has 0 bridgehead atoms. The molecule has 1 aliphatic rings. The van der Waals surface area contributed by atoms with E-state index in [9.17, 15) is 4.79 Å². The Morgan fingerprint density at radius 2 is 1.63 bits per heavy atom. The second-order valence-corrected chi connectivity index (χ2v) is 8.39. The fraction of sp³-hybridized carbons (Fsp3) is 0.348. The lowest BCUT2D eigenvalue weighted by molar-refractivity contribution is 0.0926. The van der Waals surface area contributed by atoms with Crippen molar-refractivity contribution in [1.82, 2.24) is 15.3 Å². The molecule has 156 valence electrons. The summed E-state index contributed by atoms with van der Waals surface area (Å²) < 4.78 is 0. The van der Waals surface area contributed by atoms with Crippen molar-refractivity contribution in [2.45, 2.75) is 37.8 Å². The lowest BCUT2D eigenvalue weighted by Gasteiger charge is -2.30. The third kappa shape index (κ3) is 4.65. The zero-order valence-corrected chi connectivity index (χ0v) is 18.0. The zero-order valence-electron chi connectivity index (χ0n) is 17.2. The molecule has 1 aliphatic carbocycles. The van der Waals surface area contributed by atoms with Crippen molar-refractivity contribution in [3.8, 4) is 0 Å². The molecule has 1 aromatic heterocycles. The lowest BCUT2D eigenvalue weighted by Crippen LogP contribution is -2.40. The molecule has 0 atom stereocenters. The number of carbonyl (C=O) groups excluding carboxylic acids is 1. The molecule has 0 spiro atoms. The molecular formula is C23H26ClN5O. The Balaban J connectivity index is 1.37. The van der Waals surface area contributed by atoms with Gasteiger partial charge in [0.1, 0.15) is 5.82 Å². The van der Waals surface area contributed by atoms with Gasteiger partial charge in [0, 0.05) is 42.2 Å². The number of nitrogens with zero attached hydrogens (tertiary/aromatic N) is 3. The Labute approximate surface area is 181 Å². The molecule has 2 aromatic carbocycles. The van der Waals surface area contributed by atoms with Crippen LogP contribution in [0.25, 0.3) is 10.9 Å². The summed E-state index contributed by atoms with van der Waals surface area (Å²) in [4.78, 5) is 23.9. The molecular weight excluding hydrogens is 398 g/mol. The van der Waals surface area contributed by atoms with E-state index in [0.29, 0.717) is 22.6 Å². The summed E-state index contributed by atoms with van der Waals surface area (Å²) in [6, 6.07) is 15.5. The van der Waals surface area contributed by atoms with Gasteiger partial charge in [-0.1, -0.05) is 23.7 Å². The highest BCUT2D eigenvalue weighted by Gasteiger charge is 2.23. The van der Waals surface area contributed by atoms with Crippen LogP contribution in [0.4, 0.5) is 11.8 Å². The SMILES string of the molecule is CN(C)c1nc(N[C@H]2CC[C@@H](NC(=O)c3ccc(Cl)cc3)CC2)nc2ccccc12. The Morgan fingerprint density at radius 3 is 2.33 bits per heavy atom. The number of anilines is 2. The summed E-state index contributed by atoms with van der Waals surface area (Å²) >= 11 is 5.90. The highest BCUT2D eigenvalue weighted by Crippen LogP contribution is 2.26. The zero-order chi connectivity index (χ0) is 21.1. The number of benzene rings is 2. The van der Waals surface area contributed by atoms with Gasteiger partial charge in [0.2, 0.25) is 5.95 Å². The largest absolute Gasteiger partial charge is 0.362 e. The minimum Gasteiger partial charge on any atom is -0.362 e. The van der Waals surface area contributed by atoms with E-state index in [1.54, 1.807) is 24.3 Å². The number of carbonyl (C=O) groups is 1. The summed E-state index contributed by atoms with van der Waals surface area (Å²) in [6.07, 6.45) is 3.76. The molecule has 2 N–H and O–H groups in total. The number of hydrogen-bond donors (Lipinski definition) is 2. The molecule has 1 amide bonds. The third-order valence-electron chi connectivity index (χ3n) is 5.51. The summed E-state index contributed by atoms with van der Waals surface area (Å²) in [7, 11) is 3.99. The fourth-order valence-corrected chi connectivity index (χ4v) is 4.03. The average molecular weight is 424 g/mol. The first-order chi connectivity index (χ1) is 14.5. The fourth-order valence-electron chi connectivity index (χ4n) is 3.90. The van der Waals surface area contributed by atoms with E-state index in [1.807, 2.05) is 43.3 Å². The van der Waals surface area contributed by atoms with E-state index in [0.717, 1.165) is 42.4 Å². The minimum absolute atomic E-state index is 0.0448. The molecule has 0 radical (unpaired) electrons. The van der Waals surface area contributed by atoms with E-state index in [-0.39, 0.29) is 11.9 Å². The van der Waals surface area contributed by atoms with E-state index < -0.39 is 0 Å². The monoisotopic (exact) mass is 423 g/mol. The first kappa shape index (κ1) is 20.4. The Bertz CT molecular complexity index is 1030. The smallest absolute Gasteiger partial charge is 0.251 e. The number of halogens is 1. The molecule has 6 nitrogen and oxygen atoms in total.